The molecule has 1 atom stereocenters. The molecule has 0 fully saturated rings. The minimum atomic E-state index is -2.84. The lowest BCUT2D eigenvalue weighted by molar-refractivity contribution is -0.119. The van der Waals surface area contributed by atoms with E-state index in [2.05, 4.69) is 20.5 Å². The van der Waals surface area contributed by atoms with Gasteiger partial charge in [0.15, 0.2) is 0 Å². The average molecular weight is 508 g/mol. The van der Waals surface area contributed by atoms with Crippen LogP contribution in [0.5, 0.6) is 0 Å². The first kappa shape index (κ1) is 23.8. The number of pyridine rings is 1. The van der Waals surface area contributed by atoms with Gasteiger partial charge < -0.3 is 11.1 Å². The molecule has 1 unspecified atom stereocenters. The van der Waals surface area contributed by atoms with Gasteiger partial charge >= 0.3 is 0 Å². The maximum atomic E-state index is 13.7. The van der Waals surface area contributed by atoms with Crippen molar-refractivity contribution in [2.24, 2.45) is 5.73 Å². The number of anilines is 1. The number of hydrogen-bond acceptors (Lipinski definition) is 6. The molecular formula is C21H20ClF2N7O2S. The Morgan fingerprint density at radius 2 is 2.00 bits per heavy atom. The normalized spacial score (nSPS) is 12.4. The number of aryl methyl sites for hydroxylation is 1. The van der Waals surface area contributed by atoms with Crippen LogP contribution in [0, 0.1) is 6.92 Å². The van der Waals surface area contributed by atoms with E-state index in [9.17, 15) is 18.4 Å². The fourth-order valence-electron chi connectivity index (χ4n) is 3.64. The molecule has 0 bridgehead atoms. The van der Waals surface area contributed by atoms with E-state index in [0.29, 0.717) is 28.1 Å². The van der Waals surface area contributed by atoms with Crippen LogP contribution in [0.1, 0.15) is 47.4 Å². The molecule has 0 saturated carbocycles. The minimum Gasteiger partial charge on any atom is -0.365 e. The second-order valence-corrected chi connectivity index (χ2v) is 8.94. The summed E-state index contributed by atoms with van der Waals surface area (Å²) in [5.41, 5.74) is 6.91. The number of aromatic nitrogens is 5. The largest absolute Gasteiger partial charge is 0.365 e. The number of rotatable bonds is 7. The predicted octanol–water partition coefficient (Wildman–Crippen LogP) is 4.57. The van der Waals surface area contributed by atoms with Crippen LogP contribution in [0.15, 0.2) is 24.7 Å². The molecule has 0 aliphatic rings. The van der Waals surface area contributed by atoms with Crippen LogP contribution in [-0.2, 0) is 11.3 Å². The molecule has 0 saturated heterocycles. The Balaban J connectivity index is 1.93. The smallest absolute Gasteiger partial charge is 0.280 e. The summed E-state index contributed by atoms with van der Waals surface area (Å²) >= 11 is 6.74. The van der Waals surface area contributed by atoms with Crippen molar-refractivity contribution in [2.45, 2.75) is 39.8 Å². The standard InChI is InChI=1S/C21H20ClF2N7O2S/c1-4-30-9(2)13(7-27-30)12-5-14(18(23)24)28-21-15(12)16(17(34-21)19(25)32)29-20(33)10(3)31-8-11(22)6-26-31/h5-8,10,18H,4H2,1-3H3,(H2,25,32)(H,29,33). The summed E-state index contributed by atoms with van der Waals surface area (Å²) < 4.78 is 30.4. The quantitative estimate of drug-likeness (QED) is 0.379. The third-order valence-electron chi connectivity index (χ3n) is 5.42. The molecule has 2 amide bonds. The topological polar surface area (TPSA) is 121 Å². The van der Waals surface area contributed by atoms with Crippen LogP contribution in [0.3, 0.4) is 0 Å². The molecule has 0 spiro atoms. The minimum absolute atomic E-state index is 0.00486. The Bertz CT molecular complexity index is 1410. The fourth-order valence-corrected chi connectivity index (χ4v) is 4.80. The SMILES string of the molecule is CCn1ncc(-c2cc(C(F)F)nc3sc(C(N)=O)c(NC(=O)C(C)n4cc(Cl)cn4)c23)c1C. The monoisotopic (exact) mass is 507 g/mol. The number of nitrogens with two attached hydrogens (primary N) is 1. The molecule has 4 rings (SSSR count). The molecule has 3 N–H and O–H groups in total. The van der Waals surface area contributed by atoms with Gasteiger partial charge in [0.05, 0.1) is 23.1 Å². The third kappa shape index (κ3) is 4.14. The Morgan fingerprint density at radius 3 is 2.56 bits per heavy atom. The highest BCUT2D eigenvalue weighted by molar-refractivity contribution is 7.21. The van der Waals surface area contributed by atoms with E-state index in [0.717, 1.165) is 17.0 Å². The molecule has 178 valence electrons. The van der Waals surface area contributed by atoms with Crippen molar-refractivity contribution < 1.29 is 18.4 Å². The Hall–Kier alpha value is -3.38. The first-order chi connectivity index (χ1) is 16.1. The lowest BCUT2D eigenvalue weighted by Gasteiger charge is -2.14. The molecule has 34 heavy (non-hydrogen) atoms. The summed E-state index contributed by atoms with van der Waals surface area (Å²) in [5, 5.41) is 11.8. The first-order valence-electron chi connectivity index (χ1n) is 10.2. The van der Waals surface area contributed by atoms with Crippen molar-refractivity contribution in [1.29, 1.82) is 0 Å². The molecule has 4 aromatic rings. The first-order valence-corrected chi connectivity index (χ1v) is 11.4. The van der Waals surface area contributed by atoms with Gasteiger partial charge in [0.2, 0.25) is 5.91 Å². The van der Waals surface area contributed by atoms with Gasteiger partial charge in [-0.1, -0.05) is 11.6 Å². The van der Waals surface area contributed by atoms with E-state index < -0.39 is 30.0 Å². The van der Waals surface area contributed by atoms with Crippen molar-refractivity contribution in [3.05, 3.63) is 45.9 Å². The van der Waals surface area contributed by atoms with Gasteiger partial charge in [0.1, 0.15) is 21.4 Å². The number of hydrogen-bond donors (Lipinski definition) is 2. The van der Waals surface area contributed by atoms with E-state index in [1.165, 1.54) is 23.1 Å². The van der Waals surface area contributed by atoms with E-state index >= 15 is 0 Å². The van der Waals surface area contributed by atoms with E-state index in [1.54, 1.807) is 17.8 Å². The lowest BCUT2D eigenvalue weighted by Crippen LogP contribution is -2.25. The lowest BCUT2D eigenvalue weighted by atomic mass is 10.0. The Labute approximate surface area is 201 Å². The molecule has 0 aliphatic heterocycles. The average Bonchev–Trinajstić information content (AvgIpc) is 3.49. The number of fused-ring (bicyclic) bond motifs is 1. The Kier molecular flexibility index (Phi) is 6.36. The molecular weight excluding hydrogens is 488 g/mol. The fraction of sp³-hybridized carbons (Fsp3) is 0.286. The van der Waals surface area contributed by atoms with Gasteiger partial charge in [0.25, 0.3) is 12.3 Å². The zero-order chi connectivity index (χ0) is 24.7. The summed E-state index contributed by atoms with van der Waals surface area (Å²) in [6.07, 6.45) is 1.59. The summed E-state index contributed by atoms with van der Waals surface area (Å²) in [5.74, 6) is -1.33. The van der Waals surface area contributed by atoms with Gasteiger partial charge in [-0.2, -0.15) is 10.2 Å². The van der Waals surface area contributed by atoms with Crippen LogP contribution in [0.4, 0.5) is 14.5 Å². The molecule has 9 nitrogen and oxygen atoms in total. The number of nitrogens with zero attached hydrogens (tertiary/aromatic N) is 5. The van der Waals surface area contributed by atoms with Crippen LogP contribution in [0.25, 0.3) is 21.3 Å². The van der Waals surface area contributed by atoms with Gasteiger partial charge in [-0.25, -0.2) is 13.8 Å². The summed E-state index contributed by atoms with van der Waals surface area (Å²) in [6, 6.07) is 0.463. The van der Waals surface area contributed by atoms with Crippen LogP contribution in [0.2, 0.25) is 5.02 Å². The van der Waals surface area contributed by atoms with Crippen LogP contribution >= 0.6 is 22.9 Å². The molecule has 4 heterocycles. The highest BCUT2D eigenvalue weighted by Crippen LogP contribution is 2.43. The molecule has 0 aromatic carbocycles. The highest BCUT2D eigenvalue weighted by Gasteiger charge is 2.27. The van der Waals surface area contributed by atoms with Crippen molar-refractivity contribution in [3.63, 3.8) is 0 Å². The van der Waals surface area contributed by atoms with Gasteiger partial charge in [-0.05, 0) is 32.4 Å². The second-order valence-electron chi connectivity index (χ2n) is 7.51. The van der Waals surface area contributed by atoms with E-state index in [1.807, 2.05) is 13.8 Å². The maximum Gasteiger partial charge on any atom is 0.280 e. The van der Waals surface area contributed by atoms with Crippen molar-refractivity contribution in [1.82, 2.24) is 24.5 Å². The van der Waals surface area contributed by atoms with E-state index in [4.69, 9.17) is 17.3 Å². The molecule has 0 aliphatic carbocycles. The molecule has 13 heteroatoms. The molecule has 4 aromatic heterocycles. The number of nitrogens with one attached hydrogen (secondary N) is 1. The summed E-state index contributed by atoms with van der Waals surface area (Å²) in [7, 11) is 0. The highest BCUT2D eigenvalue weighted by atomic mass is 35.5. The summed E-state index contributed by atoms with van der Waals surface area (Å²) in [6.45, 7) is 5.89. The summed E-state index contributed by atoms with van der Waals surface area (Å²) in [4.78, 5) is 29.5. The number of primary amides is 1. The zero-order valence-corrected chi connectivity index (χ0v) is 19.9. The van der Waals surface area contributed by atoms with Crippen molar-refractivity contribution in [3.8, 4) is 11.1 Å². The number of carbonyl (C=O) groups excluding carboxylic acids is 2. The second kappa shape index (κ2) is 9.11. The predicted molar refractivity (Wildman–Crippen MR) is 125 cm³/mol. The number of halogens is 3. The number of alkyl halides is 2. The third-order valence-corrected chi connectivity index (χ3v) is 6.71. The van der Waals surface area contributed by atoms with Crippen molar-refractivity contribution >= 4 is 50.7 Å². The number of carbonyl (C=O) groups is 2. The van der Waals surface area contributed by atoms with E-state index in [-0.39, 0.29) is 15.4 Å². The van der Waals surface area contributed by atoms with Gasteiger partial charge in [0, 0.05) is 29.4 Å². The van der Waals surface area contributed by atoms with Gasteiger partial charge in [-0.3, -0.25) is 19.0 Å². The van der Waals surface area contributed by atoms with Gasteiger partial charge in [-0.15, -0.1) is 11.3 Å². The number of thiophene rings is 1. The maximum absolute atomic E-state index is 13.7. The van der Waals surface area contributed by atoms with Crippen LogP contribution in [-0.4, -0.2) is 36.4 Å². The van der Waals surface area contributed by atoms with Crippen LogP contribution < -0.4 is 11.1 Å². The Morgan fingerprint density at radius 1 is 1.26 bits per heavy atom. The number of amides is 2. The zero-order valence-electron chi connectivity index (χ0n) is 18.3. The molecule has 0 radical (unpaired) electrons. The van der Waals surface area contributed by atoms with Crippen molar-refractivity contribution in [2.75, 3.05) is 5.32 Å².